The van der Waals surface area contributed by atoms with E-state index in [4.69, 9.17) is 0 Å². The fraction of sp³-hybridized carbons (Fsp3) is 0.333. The van der Waals surface area contributed by atoms with E-state index >= 15 is 0 Å². The molecular formula is C12H16O. The summed E-state index contributed by atoms with van der Waals surface area (Å²) in [5, 5.41) is 9.29. The van der Waals surface area contributed by atoms with Crippen LogP contribution in [0.1, 0.15) is 19.8 Å². The molecule has 0 fully saturated rings. The first-order valence-electron chi connectivity index (χ1n) is 4.30. The molecule has 0 bridgehead atoms. The minimum absolute atomic E-state index is 0.549. The second-order valence-corrected chi connectivity index (χ2v) is 2.74. The van der Waals surface area contributed by atoms with E-state index in [1.807, 2.05) is 13.0 Å². The average molecular weight is 176 g/mol. The second kappa shape index (κ2) is 7.39. The van der Waals surface area contributed by atoms with Crippen LogP contribution < -0.4 is 0 Å². The van der Waals surface area contributed by atoms with Crippen molar-refractivity contribution >= 4 is 0 Å². The Morgan fingerprint density at radius 2 is 2.23 bits per heavy atom. The van der Waals surface area contributed by atoms with Gasteiger partial charge >= 0.3 is 0 Å². The first kappa shape index (κ1) is 11.7. The van der Waals surface area contributed by atoms with E-state index in [-0.39, 0.29) is 0 Å². The molecule has 0 aliphatic rings. The zero-order valence-corrected chi connectivity index (χ0v) is 8.09. The zero-order valence-electron chi connectivity index (χ0n) is 8.09. The van der Waals surface area contributed by atoms with Gasteiger partial charge in [0.05, 0.1) is 0 Å². The van der Waals surface area contributed by atoms with Crippen molar-refractivity contribution in [2.75, 3.05) is 0 Å². The number of hydrogen-bond donors (Lipinski definition) is 1. The molecule has 13 heavy (non-hydrogen) atoms. The quantitative estimate of drug-likeness (QED) is 0.515. The van der Waals surface area contributed by atoms with Crippen LogP contribution in [0, 0.1) is 11.8 Å². The Kier molecular flexibility index (Phi) is 6.68. The van der Waals surface area contributed by atoms with E-state index in [9.17, 15) is 5.11 Å². The smallest absolute Gasteiger partial charge is 0.115 e. The molecule has 0 rings (SSSR count). The van der Waals surface area contributed by atoms with Crippen LogP contribution in [-0.2, 0) is 0 Å². The maximum Gasteiger partial charge on any atom is 0.115 e. The summed E-state index contributed by atoms with van der Waals surface area (Å²) in [5.74, 6) is 5.28. The van der Waals surface area contributed by atoms with Gasteiger partial charge in [-0.2, -0.15) is 0 Å². The lowest BCUT2D eigenvalue weighted by molar-refractivity contribution is 0.223. The Morgan fingerprint density at radius 1 is 1.54 bits per heavy atom. The predicted molar refractivity (Wildman–Crippen MR) is 57.2 cm³/mol. The number of aliphatic hydroxyl groups excluding tert-OH is 1. The van der Waals surface area contributed by atoms with Crippen LogP contribution in [0.2, 0.25) is 0 Å². The Morgan fingerprint density at radius 3 is 2.77 bits per heavy atom. The molecular weight excluding hydrogens is 160 g/mol. The molecule has 1 atom stereocenters. The van der Waals surface area contributed by atoms with Gasteiger partial charge < -0.3 is 5.11 Å². The molecule has 0 aromatic rings. The van der Waals surface area contributed by atoms with Crippen LogP contribution in [0.15, 0.2) is 37.0 Å². The lowest BCUT2D eigenvalue weighted by atomic mass is 10.1. The summed E-state index contributed by atoms with van der Waals surface area (Å²) in [7, 11) is 0. The second-order valence-electron chi connectivity index (χ2n) is 2.74. The third kappa shape index (κ3) is 7.11. The summed E-state index contributed by atoms with van der Waals surface area (Å²) >= 11 is 0. The third-order valence-electron chi connectivity index (χ3n) is 1.58. The molecule has 0 aromatic carbocycles. The minimum Gasteiger partial charge on any atom is -0.380 e. The van der Waals surface area contributed by atoms with E-state index in [1.54, 1.807) is 6.08 Å². The monoisotopic (exact) mass is 176 g/mol. The maximum absolute atomic E-state index is 9.29. The van der Waals surface area contributed by atoms with Gasteiger partial charge in [0, 0.05) is 0 Å². The SMILES string of the molecule is C=CC#CC(O)CC/C=C(\C)C=C. The highest BCUT2D eigenvalue weighted by molar-refractivity contribution is 5.16. The van der Waals surface area contributed by atoms with Crippen LogP contribution in [0.4, 0.5) is 0 Å². The summed E-state index contributed by atoms with van der Waals surface area (Å²) in [5.41, 5.74) is 1.13. The summed E-state index contributed by atoms with van der Waals surface area (Å²) in [6.07, 6.45) is 6.24. The molecule has 0 aliphatic heterocycles. The van der Waals surface area contributed by atoms with E-state index in [2.05, 4.69) is 25.0 Å². The largest absolute Gasteiger partial charge is 0.380 e. The first-order valence-corrected chi connectivity index (χ1v) is 4.30. The van der Waals surface area contributed by atoms with Gasteiger partial charge in [-0.3, -0.25) is 0 Å². The molecule has 0 aliphatic carbocycles. The molecule has 0 saturated carbocycles. The maximum atomic E-state index is 9.29. The van der Waals surface area contributed by atoms with Gasteiger partial charge in [0.15, 0.2) is 0 Å². The van der Waals surface area contributed by atoms with E-state index < -0.39 is 6.10 Å². The summed E-state index contributed by atoms with van der Waals surface area (Å²) in [6, 6.07) is 0. The first-order chi connectivity index (χ1) is 6.20. The lowest BCUT2D eigenvalue weighted by Crippen LogP contribution is -2.01. The molecule has 0 amide bonds. The summed E-state index contributed by atoms with van der Waals surface area (Å²) in [6.45, 7) is 9.06. The molecule has 1 nitrogen and oxygen atoms in total. The lowest BCUT2D eigenvalue weighted by Gasteiger charge is -1.99. The average Bonchev–Trinajstić information content (AvgIpc) is 2.14. The van der Waals surface area contributed by atoms with Crippen molar-refractivity contribution in [2.24, 2.45) is 0 Å². The number of hydrogen-bond acceptors (Lipinski definition) is 1. The van der Waals surface area contributed by atoms with Gasteiger partial charge in [-0.25, -0.2) is 0 Å². The third-order valence-corrected chi connectivity index (χ3v) is 1.58. The summed E-state index contributed by atoms with van der Waals surface area (Å²) in [4.78, 5) is 0. The van der Waals surface area contributed by atoms with Crippen molar-refractivity contribution in [1.29, 1.82) is 0 Å². The van der Waals surface area contributed by atoms with Gasteiger partial charge in [-0.05, 0) is 25.8 Å². The van der Waals surface area contributed by atoms with Crippen molar-refractivity contribution in [3.8, 4) is 11.8 Å². The van der Waals surface area contributed by atoms with Crippen LogP contribution >= 0.6 is 0 Å². The van der Waals surface area contributed by atoms with Crippen molar-refractivity contribution in [3.05, 3.63) is 37.0 Å². The van der Waals surface area contributed by atoms with E-state index in [0.717, 1.165) is 12.0 Å². The predicted octanol–water partition coefficient (Wildman–Crippen LogP) is 2.45. The molecule has 1 unspecified atom stereocenters. The topological polar surface area (TPSA) is 20.2 Å². The van der Waals surface area contributed by atoms with Crippen molar-refractivity contribution in [3.63, 3.8) is 0 Å². The van der Waals surface area contributed by atoms with Crippen molar-refractivity contribution < 1.29 is 5.11 Å². The minimum atomic E-state index is -0.549. The fourth-order valence-corrected chi connectivity index (χ4v) is 0.779. The highest BCUT2D eigenvalue weighted by atomic mass is 16.3. The number of rotatable bonds is 4. The molecule has 0 heterocycles. The molecule has 0 saturated heterocycles. The zero-order chi connectivity index (χ0) is 10.1. The molecule has 1 heteroatoms. The van der Waals surface area contributed by atoms with Gasteiger partial charge in [-0.15, -0.1) is 0 Å². The van der Waals surface area contributed by atoms with Crippen LogP contribution in [-0.4, -0.2) is 11.2 Å². The normalized spacial score (nSPS) is 12.6. The highest BCUT2D eigenvalue weighted by Crippen LogP contribution is 2.01. The summed E-state index contributed by atoms with van der Waals surface area (Å²) < 4.78 is 0. The van der Waals surface area contributed by atoms with Crippen LogP contribution in [0.5, 0.6) is 0 Å². The molecule has 0 radical (unpaired) electrons. The molecule has 0 aromatic heterocycles. The molecule has 0 spiro atoms. The Bertz CT molecular complexity index is 250. The fourth-order valence-electron chi connectivity index (χ4n) is 0.779. The van der Waals surface area contributed by atoms with Gasteiger partial charge in [0.2, 0.25) is 0 Å². The van der Waals surface area contributed by atoms with Crippen molar-refractivity contribution in [2.45, 2.75) is 25.9 Å². The Hall–Kier alpha value is -1.26. The van der Waals surface area contributed by atoms with Crippen LogP contribution in [0.3, 0.4) is 0 Å². The van der Waals surface area contributed by atoms with Crippen molar-refractivity contribution in [1.82, 2.24) is 0 Å². The number of aliphatic hydroxyl groups is 1. The van der Waals surface area contributed by atoms with Gasteiger partial charge in [0.1, 0.15) is 6.10 Å². The molecule has 70 valence electrons. The van der Waals surface area contributed by atoms with Crippen LogP contribution in [0.25, 0.3) is 0 Å². The number of allylic oxidation sites excluding steroid dienone is 4. The van der Waals surface area contributed by atoms with E-state index in [1.165, 1.54) is 6.08 Å². The van der Waals surface area contributed by atoms with Gasteiger partial charge in [0.25, 0.3) is 0 Å². The Balaban J connectivity index is 3.76. The molecule has 1 N–H and O–H groups in total. The highest BCUT2D eigenvalue weighted by Gasteiger charge is 1.95. The Labute approximate surface area is 80.5 Å². The standard InChI is InChI=1S/C12H16O/c1-4-6-9-12(13)10-7-8-11(3)5-2/h4-5,8,12-13H,1-2,7,10H2,3H3/b11-8+. The van der Waals surface area contributed by atoms with Gasteiger partial charge in [-0.1, -0.05) is 42.7 Å². The van der Waals surface area contributed by atoms with E-state index in [0.29, 0.717) is 6.42 Å².